The van der Waals surface area contributed by atoms with Crippen LogP contribution < -0.4 is 0 Å². The van der Waals surface area contributed by atoms with E-state index in [2.05, 4.69) is 27.7 Å². The second kappa shape index (κ2) is 9.85. The number of hydrogen-bond donors (Lipinski definition) is 6. The topological polar surface area (TPSA) is 149 Å². The summed E-state index contributed by atoms with van der Waals surface area (Å²) in [4.78, 5) is 0. The largest absolute Gasteiger partial charge is 0.396 e. The summed E-state index contributed by atoms with van der Waals surface area (Å²) >= 11 is 0. The van der Waals surface area contributed by atoms with Crippen LogP contribution >= 0.6 is 0 Å². The highest BCUT2D eigenvalue weighted by atomic mass is 16.7. The molecule has 6 N–H and O–H groups in total. The van der Waals surface area contributed by atoms with Gasteiger partial charge in [-0.1, -0.05) is 20.8 Å². The SMILES string of the molecule is CC(C)(O)[C@@H]1CC[C@](C)([C@@H]2[C@@H](O)C[C@@]3(C)[C@H]4CC[C@@H]5C(C)(C)[C@@H](O[C@@H]6OC[C@@H](O)[C@H](O)[C@H]6O)CC[C@@]56C[C@@]46CC[C@]23CO)O1. The fourth-order valence-electron chi connectivity index (χ4n) is 13.5. The van der Waals surface area contributed by atoms with Crippen LogP contribution in [0.15, 0.2) is 0 Å². The second-order valence-corrected chi connectivity index (χ2v) is 18.0. The van der Waals surface area contributed by atoms with Gasteiger partial charge in [0.2, 0.25) is 0 Å². The van der Waals surface area contributed by atoms with Crippen LogP contribution in [0.5, 0.6) is 0 Å². The molecule has 0 aromatic heterocycles. The predicted octanol–water partition coefficient (Wildman–Crippen LogP) is 2.90. The Kier molecular flexibility index (Phi) is 7.21. The summed E-state index contributed by atoms with van der Waals surface area (Å²) in [6.45, 7) is 12.7. The van der Waals surface area contributed by atoms with Crippen molar-refractivity contribution < 1.29 is 44.8 Å². The van der Waals surface area contributed by atoms with Gasteiger partial charge in [-0.25, -0.2) is 0 Å². The standard InChI is InChI=1S/C35H58O9/c1-29(2)21-7-8-22-31(5)15-19(37)27(32(6)11-9-24(44-32)30(3,4)41)35(31,18-36)14-13-34(22)17-33(21,34)12-10-23(29)43-28-26(40)25(39)20(38)16-42-28/h19-28,36-41H,7-18H2,1-6H3/t19-,20+,21+,22+,23-,24-,25-,26+,27-,28-,31-,32+,33+,34-,35-/m0/s1. The summed E-state index contributed by atoms with van der Waals surface area (Å²) in [6.07, 6.45) is 3.69. The first-order valence-electron chi connectivity index (χ1n) is 17.4. The Balaban J connectivity index is 1.15. The molecule has 7 rings (SSSR count). The first-order chi connectivity index (χ1) is 20.4. The minimum absolute atomic E-state index is 0.0477. The fourth-order valence-corrected chi connectivity index (χ4v) is 13.5. The lowest BCUT2D eigenvalue weighted by Crippen LogP contribution is -2.62. The molecule has 5 saturated carbocycles. The summed E-state index contributed by atoms with van der Waals surface area (Å²) < 4.78 is 18.8. The summed E-state index contributed by atoms with van der Waals surface area (Å²) in [5.74, 6) is 0.672. The number of ether oxygens (including phenoxy) is 3. The minimum Gasteiger partial charge on any atom is -0.396 e. The lowest BCUT2D eigenvalue weighted by atomic mass is 9.41. The van der Waals surface area contributed by atoms with E-state index in [0.29, 0.717) is 18.3 Å². The number of fused-ring (bicyclic) bond motifs is 2. The predicted molar refractivity (Wildman–Crippen MR) is 161 cm³/mol. The Morgan fingerprint density at radius 3 is 2.16 bits per heavy atom. The molecule has 252 valence electrons. The molecule has 2 spiro atoms. The fraction of sp³-hybridized carbons (Fsp3) is 1.00. The summed E-state index contributed by atoms with van der Waals surface area (Å²) in [7, 11) is 0. The lowest BCUT2D eigenvalue weighted by Gasteiger charge is -2.64. The van der Waals surface area contributed by atoms with Gasteiger partial charge in [0.05, 0.1) is 36.1 Å². The average Bonchev–Trinajstić information content (AvgIpc) is 3.30. The van der Waals surface area contributed by atoms with Crippen LogP contribution in [0, 0.1) is 44.8 Å². The molecule has 7 aliphatic rings. The van der Waals surface area contributed by atoms with E-state index in [0.717, 1.165) is 51.4 Å². The van der Waals surface area contributed by atoms with Gasteiger partial charge in [-0.15, -0.1) is 0 Å². The molecule has 15 atom stereocenters. The third kappa shape index (κ3) is 3.97. The zero-order valence-electron chi connectivity index (χ0n) is 27.7. The molecule has 0 unspecified atom stereocenters. The molecule has 9 nitrogen and oxygen atoms in total. The van der Waals surface area contributed by atoms with Gasteiger partial charge in [0.1, 0.15) is 18.3 Å². The molecule has 0 radical (unpaired) electrons. The molecule has 9 heteroatoms. The van der Waals surface area contributed by atoms with Crippen LogP contribution in [0.4, 0.5) is 0 Å². The van der Waals surface area contributed by atoms with Crippen LogP contribution in [0.25, 0.3) is 0 Å². The Labute approximate surface area is 262 Å². The molecule has 0 amide bonds. The highest BCUT2D eigenvalue weighted by Crippen LogP contribution is 2.89. The third-order valence-corrected chi connectivity index (χ3v) is 15.5. The van der Waals surface area contributed by atoms with E-state index in [9.17, 15) is 30.6 Å². The maximum Gasteiger partial charge on any atom is 0.186 e. The van der Waals surface area contributed by atoms with Gasteiger partial charge in [-0.05, 0) is 118 Å². The molecule has 44 heavy (non-hydrogen) atoms. The number of aliphatic hydroxyl groups is 6. The van der Waals surface area contributed by atoms with E-state index in [1.54, 1.807) is 13.8 Å². The van der Waals surface area contributed by atoms with Crippen molar-refractivity contribution in [1.82, 2.24) is 0 Å². The normalized spacial score (nSPS) is 58.1. The van der Waals surface area contributed by atoms with Crippen molar-refractivity contribution in [3.8, 4) is 0 Å². The molecule has 7 fully saturated rings. The van der Waals surface area contributed by atoms with Crippen molar-refractivity contribution in [1.29, 1.82) is 0 Å². The number of rotatable bonds is 5. The first-order valence-corrected chi connectivity index (χ1v) is 17.4. The lowest BCUT2D eigenvalue weighted by molar-refractivity contribution is -0.303. The highest BCUT2D eigenvalue weighted by Gasteiger charge is 2.84. The van der Waals surface area contributed by atoms with Crippen LogP contribution in [-0.4, -0.2) is 98.0 Å². The maximum absolute atomic E-state index is 11.9. The Hall–Kier alpha value is -0.360. The maximum atomic E-state index is 11.9. The van der Waals surface area contributed by atoms with Crippen molar-refractivity contribution >= 4 is 0 Å². The van der Waals surface area contributed by atoms with E-state index in [4.69, 9.17) is 14.2 Å². The van der Waals surface area contributed by atoms with Crippen LogP contribution in [-0.2, 0) is 14.2 Å². The van der Waals surface area contributed by atoms with Crippen molar-refractivity contribution in [2.45, 2.75) is 160 Å². The van der Waals surface area contributed by atoms with E-state index in [1.165, 1.54) is 6.42 Å². The Morgan fingerprint density at radius 1 is 0.818 bits per heavy atom. The van der Waals surface area contributed by atoms with Gasteiger partial charge in [0, 0.05) is 17.9 Å². The zero-order chi connectivity index (χ0) is 31.9. The van der Waals surface area contributed by atoms with Gasteiger partial charge >= 0.3 is 0 Å². The monoisotopic (exact) mass is 622 g/mol. The van der Waals surface area contributed by atoms with E-state index >= 15 is 0 Å². The summed E-state index contributed by atoms with van der Waals surface area (Å²) in [6, 6.07) is 0. The van der Waals surface area contributed by atoms with Gasteiger partial charge < -0.3 is 44.8 Å². The summed E-state index contributed by atoms with van der Waals surface area (Å²) in [5, 5.41) is 64.8. The molecular formula is C35H58O9. The number of aliphatic hydroxyl groups excluding tert-OH is 5. The van der Waals surface area contributed by atoms with Crippen molar-refractivity contribution in [3.63, 3.8) is 0 Å². The Morgan fingerprint density at radius 2 is 1.50 bits per heavy atom. The van der Waals surface area contributed by atoms with Gasteiger partial charge in [-0.2, -0.15) is 0 Å². The van der Waals surface area contributed by atoms with Crippen LogP contribution in [0.1, 0.15) is 106 Å². The smallest absolute Gasteiger partial charge is 0.186 e. The van der Waals surface area contributed by atoms with Gasteiger partial charge in [-0.3, -0.25) is 0 Å². The van der Waals surface area contributed by atoms with Crippen molar-refractivity contribution in [2.24, 2.45) is 44.8 Å². The average molecular weight is 623 g/mol. The first kappa shape index (κ1) is 32.2. The highest BCUT2D eigenvalue weighted by molar-refractivity contribution is 5.32. The molecule has 2 aliphatic heterocycles. The van der Waals surface area contributed by atoms with Crippen molar-refractivity contribution in [2.75, 3.05) is 13.2 Å². The quantitative estimate of drug-likeness (QED) is 0.255. The van der Waals surface area contributed by atoms with E-state index in [1.807, 2.05) is 0 Å². The van der Waals surface area contributed by atoms with Gasteiger partial charge in [0.25, 0.3) is 0 Å². The van der Waals surface area contributed by atoms with Crippen LogP contribution in [0.3, 0.4) is 0 Å². The third-order valence-electron chi connectivity index (χ3n) is 15.5. The summed E-state index contributed by atoms with van der Waals surface area (Å²) in [5.41, 5.74) is -1.98. The molecule has 2 heterocycles. The number of hydrogen-bond acceptors (Lipinski definition) is 9. The molecule has 0 aromatic carbocycles. The molecule has 0 aromatic rings. The minimum atomic E-state index is -1.29. The molecular weight excluding hydrogens is 564 g/mol. The van der Waals surface area contributed by atoms with Crippen molar-refractivity contribution in [3.05, 3.63) is 0 Å². The van der Waals surface area contributed by atoms with E-state index in [-0.39, 0.29) is 53.0 Å². The van der Waals surface area contributed by atoms with Gasteiger partial charge in [0.15, 0.2) is 6.29 Å². The molecule has 2 saturated heterocycles. The van der Waals surface area contributed by atoms with E-state index < -0.39 is 47.3 Å². The molecule has 0 bridgehead atoms. The molecule has 5 aliphatic carbocycles. The second-order valence-electron chi connectivity index (χ2n) is 18.0. The van der Waals surface area contributed by atoms with Crippen LogP contribution in [0.2, 0.25) is 0 Å². The zero-order valence-corrected chi connectivity index (χ0v) is 27.7. The Bertz CT molecular complexity index is 1140.